The van der Waals surface area contributed by atoms with Crippen molar-refractivity contribution in [1.82, 2.24) is 8.87 Å². The zero-order valence-corrected chi connectivity index (χ0v) is 16.0. The van der Waals surface area contributed by atoms with Crippen LogP contribution in [0.5, 0.6) is 0 Å². The average Bonchev–Trinajstić information content (AvgIpc) is 3.09. The molecule has 0 saturated carbocycles. The van der Waals surface area contributed by atoms with E-state index in [2.05, 4.69) is 31.9 Å². The minimum Gasteiger partial charge on any atom is -0.353 e. The van der Waals surface area contributed by atoms with Gasteiger partial charge in [0.05, 0.1) is 10.9 Å². The van der Waals surface area contributed by atoms with Crippen molar-refractivity contribution >= 4 is 41.9 Å². The van der Waals surface area contributed by atoms with Gasteiger partial charge in [0, 0.05) is 34.4 Å². The molecule has 0 radical (unpaired) electrons. The third kappa shape index (κ3) is 2.79. The van der Waals surface area contributed by atoms with E-state index in [1.807, 2.05) is 36.0 Å². The molecule has 118 valence electrons. The van der Waals surface area contributed by atoms with E-state index in [1.54, 1.807) is 16.4 Å². The standard InChI is InChI=1S/C15H16Br2N2O2S/c1-18-8-2-4-13(18)14-5-3-9-19(14)22(20,21)15-10-11(16)6-7-12(15)17/h2,4,6-8,10,14H,3,5,9H2,1H3/t14-/m1/s1. The zero-order chi connectivity index (χ0) is 15.9. The molecule has 1 aliphatic heterocycles. The molecule has 1 aliphatic rings. The second-order valence-corrected chi connectivity index (χ2v) is 9.02. The molecule has 1 saturated heterocycles. The second-order valence-electron chi connectivity index (χ2n) is 5.39. The van der Waals surface area contributed by atoms with Gasteiger partial charge in [-0.1, -0.05) is 15.9 Å². The summed E-state index contributed by atoms with van der Waals surface area (Å²) < 4.78 is 31.1. The molecule has 0 aliphatic carbocycles. The first-order valence-corrected chi connectivity index (χ1v) is 10.0. The molecule has 1 aromatic heterocycles. The summed E-state index contributed by atoms with van der Waals surface area (Å²) in [6.07, 6.45) is 3.68. The minimum atomic E-state index is -3.54. The number of rotatable bonds is 3. The summed E-state index contributed by atoms with van der Waals surface area (Å²) in [4.78, 5) is 0.308. The fraction of sp³-hybridized carbons (Fsp3) is 0.333. The van der Waals surface area contributed by atoms with Gasteiger partial charge in [-0.25, -0.2) is 8.42 Å². The van der Waals surface area contributed by atoms with Crippen LogP contribution in [0, 0.1) is 0 Å². The Morgan fingerprint density at radius 2 is 2.00 bits per heavy atom. The maximum absolute atomic E-state index is 13.1. The van der Waals surface area contributed by atoms with Crippen molar-refractivity contribution in [2.45, 2.75) is 23.8 Å². The van der Waals surface area contributed by atoms with Crippen molar-refractivity contribution in [2.75, 3.05) is 6.54 Å². The highest BCUT2D eigenvalue weighted by Crippen LogP contribution is 2.38. The molecule has 3 rings (SSSR count). The molecule has 0 spiro atoms. The van der Waals surface area contributed by atoms with Gasteiger partial charge in [-0.2, -0.15) is 4.31 Å². The van der Waals surface area contributed by atoms with E-state index in [0.29, 0.717) is 15.9 Å². The summed E-state index contributed by atoms with van der Waals surface area (Å²) in [5.41, 5.74) is 1.03. The van der Waals surface area contributed by atoms with Gasteiger partial charge in [0.15, 0.2) is 0 Å². The summed E-state index contributed by atoms with van der Waals surface area (Å²) in [5, 5.41) is 0. The van der Waals surface area contributed by atoms with Crippen molar-refractivity contribution in [2.24, 2.45) is 7.05 Å². The molecule has 0 bridgehead atoms. The molecular weight excluding hydrogens is 432 g/mol. The van der Waals surface area contributed by atoms with Crippen LogP contribution >= 0.6 is 31.9 Å². The van der Waals surface area contributed by atoms with Crippen LogP contribution in [0.15, 0.2) is 50.4 Å². The Labute approximate surface area is 147 Å². The van der Waals surface area contributed by atoms with Crippen LogP contribution in [0.2, 0.25) is 0 Å². The van der Waals surface area contributed by atoms with Gasteiger partial charge in [-0.3, -0.25) is 0 Å². The molecule has 2 heterocycles. The lowest BCUT2D eigenvalue weighted by Gasteiger charge is -2.25. The summed E-state index contributed by atoms with van der Waals surface area (Å²) in [7, 11) is -1.59. The lowest BCUT2D eigenvalue weighted by molar-refractivity contribution is 0.384. The Bertz CT molecular complexity index is 802. The number of benzene rings is 1. The van der Waals surface area contributed by atoms with Crippen molar-refractivity contribution in [3.8, 4) is 0 Å². The van der Waals surface area contributed by atoms with E-state index in [9.17, 15) is 8.42 Å². The first kappa shape index (κ1) is 16.2. The molecular formula is C15H16Br2N2O2S. The monoisotopic (exact) mass is 446 g/mol. The number of hydrogen-bond acceptors (Lipinski definition) is 2. The first-order chi connectivity index (χ1) is 10.4. The van der Waals surface area contributed by atoms with E-state index < -0.39 is 10.0 Å². The van der Waals surface area contributed by atoms with E-state index in [4.69, 9.17) is 0 Å². The molecule has 0 amide bonds. The lowest BCUT2D eigenvalue weighted by atomic mass is 10.1. The third-order valence-electron chi connectivity index (χ3n) is 4.01. The molecule has 1 atom stereocenters. The molecule has 0 N–H and O–H groups in total. The number of sulfonamides is 1. The molecule has 22 heavy (non-hydrogen) atoms. The smallest absolute Gasteiger partial charge is 0.244 e. The fourth-order valence-electron chi connectivity index (χ4n) is 2.95. The zero-order valence-electron chi connectivity index (χ0n) is 12.0. The normalized spacial score (nSPS) is 19.7. The van der Waals surface area contributed by atoms with Crippen molar-refractivity contribution in [3.05, 3.63) is 51.2 Å². The van der Waals surface area contributed by atoms with Gasteiger partial charge in [-0.05, 0) is 59.1 Å². The van der Waals surface area contributed by atoms with Crippen LogP contribution in [-0.2, 0) is 17.1 Å². The number of nitrogens with zero attached hydrogens (tertiary/aromatic N) is 2. The van der Waals surface area contributed by atoms with Crippen LogP contribution < -0.4 is 0 Å². The van der Waals surface area contributed by atoms with Crippen LogP contribution in [0.1, 0.15) is 24.6 Å². The van der Waals surface area contributed by atoms with Crippen LogP contribution in [-0.4, -0.2) is 23.8 Å². The van der Waals surface area contributed by atoms with Gasteiger partial charge in [0.2, 0.25) is 10.0 Å². The van der Waals surface area contributed by atoms with Gasteiger partial charge < -0.3 is 4.57 Å². The maximum atomic E-state index is 13.1. The summed E-state index contributed by atoms with van der Waals surface area (Å²) >= 11 is 6.72. The first-order valence-electron chi connectivity index (χ1n) is 6.99. The number of halogens is 2. The summed E-state index contributed by atoms with van der Waals surface area (Å²) in [5.74, 6) is 0. The Morgan fingerprint density at radius 1 is 1.23 bits per heavy atom. The van der Waals surface area contributed by atoms with Gasteiger partial charge >= 0.3 is 0 Å². The van der Waals surface area contributed by atoms with Crippen LogP contribution in [0.25, 0.3) is 0 Å². The number of hydrogen-bond donors (Lipinski definition) is 0. The van der Waals surface area contributed by atoms with Crippen molar-refractivity contribution in [1.29, 1.82) is 0 Å². The molecule has 2 aromatic rings. The maximum Gasteiger partial charge on any atom is 0.244 e. The second kappa shape index (κ2) is 6.11. The molecule has 4 nitrogen and oxygen atoms in total. The minimum absolute atomic E-state index is 0.101. The van der Waals surface area contributed by atoms with E-state index >= 15 is 0 Å². The Morgan fingerprint density at radius 3 is 2.68 bits per heavy atom. The predicted molar refractivity (Wildman–Crippen MR) is 93.1 cm³/mol. The fourth-order valence-corrected chi connectivity index (χ4v) is 6.08. The van der Waals surface area contributed by atoms with Crippen LogP contribution in [0.4, 0.5) is 0 Å². The van der Waals surface area contributed by atoms with E-state index in [0.717, 1.165) is 23.0 Å². The van der Waals surface area contributed by atoms with E-state index in [-0.39, 0.29) is 6.04 Å². The van der Waals surface area contributed by atoms with Crippen LogP contribution in [0.3, 0.4) is 0 Å². The summed E-state index contributed by atoms with van der Waals surface area (Å²) in [6, 6.07) is 9.07. The van der Waals surface area contributed by atoms with Crippen molar-refractivity contribution < 1.29 is 8.42 Å². The van der Waals surface area contributed by atoms with Gasteiger partial charge in [0.1, 0.15) is 0 Å². The quantitative estimate of drug-likeness (QED) is 0.711. The largest absolute Gasteiger partial charge is 0.353 e. The topological polar surface area (TPSA) is 42.3 Å². The molecule has 1 fully saturated rings. The highest BCUT2D eigenvalue weighted by molar-refractivity contribution is 9.11. The predicted octanol–water partition coefficient (Wildman–Crippen LogP) is 4.08. The van der Waals surface area contributed by atoms with Gasteiger partial charge in [-0.15, -0.1) is 0 Å². The molecule has 0 unspecified atom stereocenters. The highest BCUT2D eigenvalue weighted by Gasteiger charge is 2.38. The average molecular weight is 448 g/mol. The SMILES string of the molecule is Cn1cccc1[C@H]1CCCN1S(=O)(=O)c1cc(Br)ccc1Br. The van der Waals surface area contributed by atoms with E-state index in [1.165, 1.54) is 0 Å². The number of aromatic nitrogens is 1. The molecule has 7 heteroatoms. The third-order valence-corrected chi connectivity index (χ3v) is 7.40. The van der Waals surface area contributed by atoms with Crippen molar-refractivity contribution in [3.63, 3.8) is 0 Å². The number of aryl methyl sites for hydroxylation is 1. The van der Waals surface area contributed by atoms with Gasteiger partial charge in [0.25, 0.3) is 0 Å². The molecule has 1 aromatic carbocycles. The Balaban J connectivity index is 2.05. The highest BCUT2D eigenvalue weighted by atomic mass is 79.9. The Hall–Kier alpha value is -0.630. The Kier molecular flexibility index (Phi) is 4.51. The lowest BCUT2D eigenvalue weighted by Crippen LogP contribution is -2.31. The summed E-state index contributed by atoms with van der Waals surface area (Å²) in [6.45, 7) is 0.553.